The van der Waals surface area contributed by atoms with Crippen LogP contribution in [0.15, 0.2) is 23.0 Å². The van der Waals surface area contributed by atoms with Crippen molar-refractivity contribution in [3.63, 3.8) is 0 Å². The molecule has 23 heavy (non-hydrogen) atoms. The van der Waals surface area contributed by atoms with E-state index in [2.05, 4.69) is 9.97 Å². The highest BCUT2D eigenvalue weighted by atomic mass is 32.1. The lowest BCUT2D eigenvalue weighted by molar-refractivity contribution is 0.0682. The van der Waals surface area contributed by atoms with Crippen molar-refractivity contribution >= 4 is 29.0 Å². The largest absolute Gasteiger partial charge is 0.393 e. The number of H-pyrrole nitrogens is 2. The van der Waals surface area contributed by atoms with Crippen molar-refractivity contribution in [2.45, 2.75) is 38.3 Å². The van der Waals surface area contributed by atoms with E-state index in [1.807, 2.05) is 4.90 Å². The molecule has 2 aromatic rings. The molecule has 2 atom stereocenters. The van der Waals surface area contributed by atoms with E-state index in [4.69, 9.17) is 12.2 Å². The number of benzene rings is 1. The Bertz CT molecular complexity index is 856. The molecule has 122 valence electrons. The lowest BCUT2D eigenvalue weighted by atomic mass is 10.1. The van der Waals surface area contributed by atoms with Gasteiger partial charge in [0.1, 0.15) is 0 Å². The van der Waals surface area contributed by atoms with Crippen LogP contribution in [0.1, 0.15) is 36.5 Å². The van der Waals surface area contributed by atoms with Crippen LogP contribution >= 0.6 is 12.2 Å². The highest BCUT2D eigenvalue weighted by Crippen LogP contribution is 2.24. The Balaban J connectivity index is 1.94. The first kappa shape index (κ1) is 15.9. The molecule has 3 rings (SSSR count). The number of aromatic amines is 2. The first-order valence-corrected chi connectivity index (χ1v) is 8.12. The molecule has 7 heteroatoms. The molecule has 0 spiro atoms. The van der Waals surface area contributed by atoms with Crippen LogP contribution in [-0.2, 0) is 0 Å². The highest BCUT2D eigenvalue weighted by molar-refractivity contribution is 7.71. The van der Waals surface area contributed by atoms with Gasteiger partial charge in [0.05, 0.1) is 17.0 Å². The average Bonchev–Trinajstić information content (AvgIpc) is 2.92. The van der Waals surface area contributed by atoms with Crippen molar-refractivity contribution in [1.82, 2.24) is 14.9 Å². The van der Waals surface area contributed by atoms with Crippen LogP contribution in [-0.4, -0.2) is 44.6 Å². The maximum absolute atomic E-state index is 12.8. The number of aromatic nitrogens is 2. The Morgan fingerprint density at radius 2 is 2.26 bits per heavy atom. The SMILES string of the molecule is C[C@@H](O)C[C@@H]1CCCN1C(=O)c1ccc2c(=O)[nH]c(=S)[nH]c2c1. The number of carbonyl (C=O) groups excluding carboxylic acids is 1. The molecule has 0 bridgehead atoms. The van der Waals surface area contributed by atoms with E-state index in [0.717, 1.165) is 12.8 Å². The van der Waals surface area contributed by atoms with Crippen LogP contribution in [0.2, 0.25) is 0 Å². The molecule has 1 aromatic carbocycles. The summed E-state index contributed by atoms with van der Waals surface area (Å²) in [5, 5.41) is 10.1. The van der Waals surface area contributed by atoms with Crippen molar-refractivity contribution in [2.24, 2.45) is 0 Å². The van der Waals surface area contributed by atoms with Gasteiger partial charge in [-0.2, -0.15) is 0 Å². The van der Waals surface area contributed by atoms with Gasteiger partial charge in [0, 0.05) is 18.2 Å². The molecule has 1 aliphatic heterocycles. The number of hydrogen-bond donors (Lipinski definition) is 3. The summed E-state index contributed by atoms with van der Waals surface area (Å²) in [5.41, 5.74) is 0.804. The fourth-order valence-corrected chi connectivity index (χ4v) is 3.41. The highest BCUT2D eigenvalue weighted by Gasteiger charge is 2.30. The molecule has 0 aliphatic carbocycles. The minimum Gasteiger partial charge on any atom is -0.393 e. The molecule has 3 N–H and O–H groups in total. The van der Waals surface area contributed by atoms with Gasteiger partial charge in [0.15, 0.2) is 4.77 Å². The third-order valence-corrected chi connectivity index (χ3v) is 4.44. The lowest BCUT2D eigenvalue weighted by Gasteiger charge is -2.25. The van der Waals surface area contributed by atoms with E-state index in [1.54, 1.807) is 25.1 Å². The van der Waals surface area contributed by atoms with E-state index in [1.165, 1.54) is 0 Å². The molecule has 2 heterocycles. The van der Waals surface area contributed by atoms with Gasteiger partial charge in [-0.3, -0.25) is 14.6 Å². The molecule has 1 aromatic heterocycles. The van der Waals surface area contributed by atoms with Gasteiger partial charge < -0.3 is 15.0 Å². The van der Waals surface area contributed by atoms with Crippen molar-refractivity contribution in [1.29, 1.82) is 0 Å². The monoisotopic (exact) mass is 333 g/mol. The van der Waals surface area contributed by atoms with Crippen LogP contribution in [0.4, 0.5) is 0 Å². The van der Waals surface area contributed by atoms with Gasteiger partial charge in [-0.25, -0.2) is 0 Å². The second-order valence-corrected chi connectivity index (χ2v) is 6.46. The minimum absolute atomic E-state index is 0.0656. The molecule has 1 fully saturated rings. The third kappa shape index (κ3) is 3.20. The van der Waals surface area contributed by atoms with E-state index in [0.29, 0.717) is 29.4 Å². The molecule has 1 saturated heterocycles. The summed E-state index contributed by atoms with van der Waals surface area (Å²) in [7, 11) is 0. The van der Waals surface area contributed by atoms with Gasteiger partial charge in [-0.1, -0.05) is 0 Å². The van der Waals surface area contributed by atoms with Crippen LogP contribution in [0.25, 0.3) is 10.9 Å². The number of hydrogen-bond acceptors (Lipinski definition) is 4. The zero-order valence-corrected chi connectivity index (χ0v) is 13.7. The van der Waals surface area contributed by atoms with Crippen LogP contribution in [0, 0.1) is 4.77 Å². The fourth-order valence-electron chi connectivity index (χ4n) is 3.21. The van der Waals surface area contributed by atoms with E-state index >= 15 is 0 Å². The molecule has 0 radical (unpaired) electrons. The first-order chi connectivity index (χ1) is 11.0. The Morgan fingerprint density at radius 3 is 3.00 bits per heavy atom. The molecule has 1 amide bonds. The zero-order valence-electron chi connectivity index (χ0n) is 12.8. The maximum atomic E-state index is 12.8. The second-order valence-electron chi connectivity index (χ2n) is 6.05. The Labute approximate surface area is 138 Å². The van der Waals surface area contributed by atoms with E-state index < -0.39 is 6.10 Å². The summed E-state index contributed by atoms with van der Waals surface area (Å²) in [6.07, 6.45) is 2.01. The second kappa shape index (κ2) is 6.25. The molecule has 0 unspecified atom stereocenters. The number of amides is 1. The Kier molecular flexibility index (Phi) is 4.32. The number of aliphatic hydroxyl groups excluding tert-OH is 1. The van der Waals surface area contributed by atoms with Crippen LogP contribution in [0.5, 0.6) is 0 Å². The molecule has 0 saturated carbocycles. The minimum atomic E-state index is -0.431. The maximum Gasteiger partial charge on any atom is 0.259 e. The molecular formula is C16H19N3O3S. The number of likely N-dealkylation sites (tertiary alicyclic amines) is 1. The quantitative estimate of drug-likeness (QED) is 0.749. The molecular weight excluding hydrogens is 314 g/mol. The predicted octanol–water partition coefficient (Wildman–Crippen LogP) is 1.96. The number of fused-ring (bicyclic) bond motifs is 1. The number of aliphatic hydroxyl groups is 1. The number of nitrogens with zero attached hydrogens (tertiary/aromatic N) is 1. The van der Waals surface area contributed by atoms with Crippen molar-refractivity contribution in [3.05, 3.63) is 38.9 Å². The average molecular weight is 333 g/mol. The lowest BCUT2D eigenvalue weighted by Crippen LogP contribution is -2.37. The molecule has 6 nitrogen and oxygen atoms in total. The van der Waals surface area contributed by atoms with Gasteiger partial charge in [0.2, 0.25) is 0 Å². The summed E-state index contributed by atoms with van der Waals surface area (Å²) in [5.74, 6) is -0.0744. The first-order valence-electron chi connectivity index (χ1n) is 7.71. The standard InChI is InChI=1S/C16H19N3O3S/c1-9(20)7-11-3-2-6-19(11)15(22)10-4-5-12-13(8-10)17-16(23)18-14(12)21/h4-5,8-9,11,20H,2-3,6-7H2,1H3,(H2,17,18,21,23)/t9-,11+/m1/s1. The van der Waals surface area contributed by atoms with Crippen molar-refractivity contribution in [2.75, 3.05) is 6.54 Å². The molecule has 1 aliphatic rings. The topological polar surface area (TPSA) is 89.2 Å². The smallest absolute Gasteiger partial charge is 0.259 e. The van der Waals surface area contributed by atoms with Crippen LogP contribution in [0.3, 0.4) is 0 Å². The van der Waals surface area contributed by atoms with Crippen LogP contribution < -0.4 is 5.56 Å². The van der Waals surface area contributed by atoms with E-state index in [-0.39, 0.29) is 22.3 Å². The summed E-state index contributed by atoms with van der Waals surface area (Å²) in [6, 6.07) is 5.03. The Hall–Kier alpha value is -1.99. The van der Waals surface area contributed by atoms with Gasteiger partial charge in [0.25, 0.3) is 11.5 Å². The van der Waals surface area contributed by atoms with Gasteiger partial charge >= 0.3 is 0 Å². The number of nitrogens with one attached hydrogen (secondary N) is 2. The normalized spacial score (nSPS) is 19.2. The third-order valence-electron chi connectivity index (χ3n) is 4.24. The summed E-state index contributed by atoms with van der Waals surface area (Å²) in [4.78, 5) is 31.9. The summed E-state index contributed by atoms with van der Waals surface area (Å²) < 4.78 is 0.236. The van der Waals surface area contributed by atoms with Gasteiger partial charge in [-0.05, 0) is 56.6 Å². The fraction of sp³-hybridized carbons (Fsp3) is 0.438. The summed E-state index contributed by atoms with van der Waals surface area (Å²) in [6.45, 7) is 2.43. The van der Waals surface area contributed by atoms with Crippen molar-refractivity contribution < 1.29 is 9.90 Å². The Morgan fingerprint density at radius 1 is 1.48 bits per heavy atom. The van der Waals surface area contributed by atoms with E-state index in [9.17, 15) is 14.7 Å². The van der Waals surface area contributed by atoms with Gasteiger partial charge in [-0.15, -0.1) is 0 Å². The zero-order chi connectivity index (χ0) is 16.6. The number of rotatable bonds is 3. The van der Waals surface area contributed by atoms with Crippen molar-refractivity contribution in [3.8, 4) is 0 Å². The summed E-state index contributed by atoms with van der Waals surface area (Å²) >= 11 is 4.98. The predicted molar refractivity (Wildman–Crippen MR) is 90.1 cm³/mol. The number of carbonyl (C=O) groups is 1.